The zero-order valence-corrected chi connectivity index (χ0v) is 12.1. The molecule has 0 radical (unpaired) electrons. The fraction of sp³-hybridized carbons (Fsp3) is 0.615. The highest BCUT2D eigenvalue weighted by Gasteiger charge is 2.30. The van der Waals surface area contributed by atoms with E-state index in [1.54, 1.807) is 7.05 Å². The Bertz CT molecular complexity index is 458. The van der Waals surface area contributed by atoms with E-state index in [0.717, 1.165) is 23.9 Å². The Labute approximate surface area is 118 Å². The maximum Gasteiger partial charge on any atom is 0.244 e. The molecule has 0 aliphatic carbocycles. The van der Waals surface area contributed by atoms with Crippen molar-refractivity contribution in [2.24, 2.45) is 0 Å². The topological polar surface area (TPSA) is 79.4 Å². The van der Waals surface area contributed by atoms with Crippen molar-refractivity contribution < 1.29 is 9.53 Å². The molecule has 0 saturated carbocycles. The van der Waals surface area contributed by atoms with E-state index in [1.807, 2.05) is 24.9 Å². The lowest BCUT2D eigenvalue weighted by Crippen LogP contribution is -2.53. The van der Waals surface area contributed by atoms with Gasteiger partial charge in [0, 0.05) is 33.1 Å². The molecule has 2 N–H and O–H groups in total. The Kier molecular flexibility index (Phi) is 4.73. The molecule has 2 heterocycles. The van der Waals surface area contributed by atoms with Crippen molar-refractivity contribution in [1.29, 1.82) is 0 Å². The van der Waals surface area contributed by atoms with Crippen molar-refractivity contribution in [1.82, 2.24) is 15.3 Å². The van der Waals surface area contributed by atoms with E-state index >= 15 is 0 Å². The smallest absolute Gasteiger partial charge is 0.244 e. The van der Waals surface area contributed by atoms with Crippen molar-refractivity contribution in [2.45, 2.75) is 19.4 Å². The number of carbonyl (C=O) groups excluding carboxylic acids is 1. The van der Waals surface area contributed by atoms with Crippen LogP contribution in [0.5, 0.6) is 0 Å². The van der Waals surface area contributed by atoms with Gasteiger partial charge < -0.3 is 20.3 Å². The highest BCUT2D eigenvalue weighted by Crippen LogP contribution is 2.20. The van der Waals surface area contributed by atoms with E-state index in [-0.39, 0.29) is 11.9 Å². The van der Waals surface area contributed by atoms with Crippen LogP contribution in [-0.4, -0.2) is 55.8 Å². The van der Waals surface area contributed by atoms with Crippen molar-refractivity contribution >= 4 is 17.5 Å². The van der Waals surface area contributed by atoms with Crippen molar-refractivity contribution in [2.75, 3.05) is 44.1 Å². The molecule has 1 fully saturated rings. The second-order valence-corrected chi connectivity index (χ2v) is 4.53. The van der Waals surface area contributed by atoms with Gasteiger partial charge >= 0.3 is 0 Å². The number of amides is 1. The Morgan fingerprint density at radius 3 is 2.95 bits per heavy atom. The molecule has 0 aromatic carbocycles. The summed E-state index contributed by atoms with van der Waals surface area (Å²) < 4.78 is 5.41. The Balaban J connectivity index is 2.33. The molecule has 1 atom stereocenters. The standard InChI is InChI=1S/C13H21N5O2/c1-4-10-16-11(14-2)7-12(17-10)18-5-6-20-8-9(18)13(19)15-3/h7,9H,4-6,8H2,1-3H3,(H,15,19)(H,14,16,17). The molecular weight excluding hydrogens is 258 g/mol. The molecule has 2 rings (SSSR count). The third-order valence-electron chi connectivity index (χ3n) is 3.30. The Morgan fingerprint density at radius 1 is 1.50 bits per heavy atom. The molecule has 1 aliphatic rings. The van der Waals surface area contributed by atoms with Crippen LogP contribution in [0.15, 0.2) is 6.07 Å². The summed E-state index contributed by atoms with van der Waals surface area (Å²) in [5.74, 6) is 2.22. The zero-order valence-electron chi connectivity index (χ0n) is 12.1. The number of nitrogens with zero attached hydrogens (tertiary/aromatic N) is 3. The minimum Gasteiger partial charge on any atom is -0.377 e. The van der Waals surface area contributed by atoms with Gasteiger partial charge in [0.2, 0.25) is 5.91 Å². The maximum atomic E-state index is 12.0. The summed E-state index contributed by atoms with van der Waals surface area (Å²) in [7, 11) is 3.45. The summed E-state index contributed by atoms with van der Waals surface area (Å²) in [5.41, 5.74) is 0. The van der Waals surface area contributed by atoms with Crippen LogP contribution in [-0.2, 0) is 16.0 Å². The fourth-order valence-electron chi connectivity index (χ4n) is 2.18. The first-order chi connectivity index (χ1) is 9.69. The number of aromatic nitrogens is 2. The minimum atomic E-state index is -0.349. The Morgan fingerprint density at radius 2 is 2.30 bits per heavy atom. The van der Waals surface area contributed by atoms with Crippen molar-refractivity contribution in [3.8, 4) is 0 Å². The van der Waals surface area contributed by atoms with Crippen LogP contribution in [0, 0.1) is 0 Å². The van der Waals surface area contributed by atoms with Crippen molar-refractivity contribution in [3.05, 3.63) is 11.9 Å². The summed E-state index contributed by atoms with van der Waals surface area (Å²) in [4.78, 5) is 22.8. The van der Waals surface area contributed by atoms with Crippen LogP contribution in [0.4, 0.5) is 11.6 Å². The first kappa shape index (κ1) is 14.5. The highest BCUT2D eigenvalue weighted by molar-refractivity contribution is 5.85. The van der Waals surface area contributed by atoms with E-state index in [1.165, 1.54) is 0 Å². The number of hydrogen-bond donors (Lipinski definition) is 2. The van der Waals surface area contributed by atoms with Crippen LogP contribution >= 0.6 is 0 Å². The minimum absolute atomic E-state index is 0.0626. The van der Waals surface area contributed by atoms with Gasteiger partial charge in [0.15, 0.2) is 0 Å². The number of likely N-dealkylation sites (N-methyl/N-ethyl adjacent to an activating group) is 1. The first-order valence-corrected chi connectivity index (χ1v) is 6.81. The zero-order chi connectivity index (χ0) is 14.5. The van der Waals surface area contributed by atoms with E-state index in [9.17, 15) is 4.79 Å². The largest absolute Gasteiger partial charge is 0.377 e. The second-order valence-electron chi connectivity index (χ2n) is 4.53. The van der Waals surface area contributed by atoms with Gasteiger partial charge in [-0.25, -0.2) is 9.97 Å². The molecule has 1 aromatic rings. The predicted octanol–water partition coefficient (Wildman–Crippen LogP) is 0.0319. The number of hydrogen-bond acceptors (Lipinski definition) is 6. The lowest BCUT2D eigenvalue weighted by atomic mass is 10.2. The van der Waals surface area contributed by atoms with Gasteiger partial charge in [-0.15, -0.1) is 0 Å². The number of anilines is 2. The van der Waals surface area contributed by atoms with Gasteiger partial charge in [0.1, 0.15) is 23.5 Å². The molecule has 110 valence electrons. The van der Waals surface area contributed by atoms with Crippen LogP contribution in [0.1, 0.15) is 12.7 Å². The molecule has 1 amide bonds. The number of morpholine rings is 1. The number of aryl methyl sites for hydroxylation is 1. The highest BCUT2D eigenvalue weighted by atomic mass is 16.5. The third kappa shape index (κ3) is 2.98. The number of nitrogens with one attached hydrogen (secondary N) is 2. The van der Waals surface area contributed by atoms with Gasteiger partial charge in [-0.1, -0.05) is 6.92 Å². The van der Waals surface area contributed by atoms with Crippen LogP contribution in [0.2, 0.25) is 0 Å². The van der Waals surface area contributed by atoms with Crippen molar-refractivity contribution in [3.63, 3.8) is 0 Å². The van der Waals surface area contributed by atoms with E-state index in [2.05, 4.69) is 20.6 Å². The molecule has 1 unspecified atom stereocenters. The quantitative estimate of drug-likeness (QED) is 0.809. The normalized spacial score (nSPS) is 18.8. The molecule has 1 aromatic heterocycles. The van der Waals surface area contributed by atoms with Crippen LogP contribution < -0.4 is 15.5 Å². The van der Waals surface area contributed by atoms with Gasteiger partial charge in [-0.2, -0.15) is 0 Å². The third-order valence-corrected chi connectivity index (χ3v) is 3.30. The van der Waals surface area contributed by atoms with E-state index in [4.69, 9.17) is 4.74 Å². The summed E-state index contributed by atoms with van der Waals surface area (Å²) in [6.07, 6.45) is 0.748. The summed E-state index contributed by atoms with van der Waals surface area (Å²) in [6.45, 7) is 3.61. The maximum absolute atomic E-state index is 12.0. The number of rotatable bonds is 4. The van der Waals surface area contributed by atoms with Gasteiger partial charge in [-0.05, 0) is 0 Å². The fourth-order valence-corrected chi connectivity index (χ4v) is 2.18. The molecule has 0 bridgehead atoms. The Hall–Kier alpha value is -1.89. The van der Waals surface area contributed by atoms with E-state index < -0.39 is 0 Å². The average molecular weight is 279 g/mol. The molecule has 20 heavy (non-hydrogen) atoms. The van der Waals surface area contributed by atoms with Crippen LogP contribution in [0.25, 0.3) is 0 Å². The lowest BCUT2D eigenvalue weighted by Gasteiger charge is -2.35. The monoisotopic (exact) mass is 279 g/mol. The summed E-state index contributed by atoms with van der Waals surface area (Å²) in [5, 5.41) is 5.70. The second kappa shape index (κ2) is 6.51. The molecule has 0 spiro atoms. The lowest BCUT2D eigenvalue weighted by molar-refractivity contribution is -0.124. The van der Waals surface area contributed by atoms with Gasteiger partial charge in [-0.3, -0.25) is 4.79 Å². The van der Waals surface area contributed by atoms with Gasteiger partial charge in [0.25, 0.3) is 0 Å². The first-order valence-electron chi connectivity index (χ1n) is 6.81. The molecule has 1 saturated heterocycles. The number of ether oxygens (including phenoxy) is 1. The molecule has 7 nitrogen and oxygen atoms in total. The predicted molar refractivity (Wildman–Crippen MR) is 77.0 cm³/mol. The molecular formula is C13H21N5O2. The number of carbonyl (C=O) groups is 1. The van der Waals surface area contributed by atoms with E-state index in [0.29, 0.717) is 19.8 Å². The van der Waals surface area contributed by atoms with Gasteiger partial charge in [0.05, 0.1) is 13.2 Å². The summed E-state index contributed by atoms with van der Waals surface area (Å²) in [6, 6.07) is 1.51. The van der Waals surface area contributed by atoms with Crippen LogP contribution in [0.3, 0.4) is 0 Å². The summed E-state index contributed by atoms with van der Waals surface area (Å²) >= 11 is 0. The SMILES string of the molecule is CCc1nc(NC)cc(N2CCOCC2C(=O)NC)n1. The molecule has 1 aliphatic heterocycles. The average Bonchev–Trinajstić information content (AvgIpc) is 2.53. The molecule has 7 heteroatoms.